The molecular weight excluding hydrogens is 309 g/mol. The third-order valence-corrected chi connectivity index (χ3v) is 5.36. The van der Waals surface area contributed by atoms with Gasteiger partial charge in [0.05, 0.1) is 0 Å². The van der Waals surface area contributed by atoms with E-state index in [1.54, 1.807) is 6.07 Å². The molecule has 1 nitrogen and oxygen atoms in total. The summed E-state index contributed by atoms with van der Waals surface area (Å²) in [7, 11) is 0. The fourth-order valence-corrected chi connectivity index (χ4v) is 4.17. The van der Waals surface area contributed by atoms with Crippen molar-refractivity contribution in [1.29, 1.82) is 0 Å². The Bertz CT molecular complexity index is 668. The molecule has 0 saturated heterocycles. The van der Waals surface area contributed by atoms with E-state index in [-0.39, 0.29) is 5.82 Å². The van der Waals surface area contributed by atoms with Gasteiger partial charge in [0.1, 0.15) is 5.82 Å². The lowest BCUT2D eigenvalue weighted by Crippen LogP contribution is -2.20. The van der Waals surface area contributed by atoms with Crippen molar-refractivity contribution in [3.63, 3.8) is 0 Å². The SMILES string of the molecule is Cc1cc(C)cc(N(CCCC2CCCCC2)c2cccc(F)c2)c1. The van der Waals surface area contributed by atoms with Crippen LogP contribution in [-0.2, 0) is 0 Å². The number of anilines is 2. The monoisotopic (exact) mass is 339 g/mol. The van der Waals surface area contributed by atoms with Crippen molar-refractivity contribution in [1.82, 2.24) is 0 Å². The molecule has 25 heavy (non-hydrogen) atoms. The van der Waals surface area contributed by atoms with Crippen LogP contribution in [-0.4, -0.2) is 6.54 Å². The first-order chi connectivity index (χ1) is 12.1. The Balaban J connectivity index is 1.76. The minimum absolute atomic E-state index is 0.167. The van der Waals surface area contributed by atoms with Crippen LogP contribution in [0.1, 0.15) is 56.1 Å². The fourth-order valence-electron chi connectivity index (χ4n) is 4.17. The number of rotatable bonds is 6. The highest BCUT2D eigenvalue weighted by Gasteiger charge is 2.15. The summed E-state index contributed by atoms with van der Waals surface area (Å²) in [5.74, 6) is 0.724. The summed E-state index contributed by atoms with van der Waals surface area (Å²) < 4.78 is 13.8. The smallest absolute Gasteiger partial charge is 0.125 e. The van der Waals surface area contributed by atoms with Crippen LogP contribution in [0.2, 0.25) is 0 Å². The number of halogens is 1. The molecule has 3 rings (SSSR count). The van der Waals surface area contributed by atoms with Gasteiger partial charge in [0.15, 0.2) is 0 Å². The minimum Gasteiger partial charge on any atom is -0.341 e. The van der Waals surface area contributed by atoms with Gasteiger partial charge in [0.2, 0.25) is 0 Å². The Morgan fingerprint density at radius 2 is 1.64 bits per heavy atom. The fraction of sp³-hybridized carbons (Fsp3) is 0.478. The van der Waals surface area contributed by atoms with Crippen LogP contribution >= 0.6 is 0 Å². The molecule has 0 spiro atoms. The molecule has 0 heterocycles. The van der Waals surface area contributed by atoms with Crippen molar-refractivity contribution >= 4 is 11.4 Å². The van der Waals surface area contributed by atoms with Crippen molar-refractivity contribution < 1.29 is 4.39 Å². The molecule has 0 unspecified atom stereocenters. The zero-order valence-electron chi connectivity index (χ0n) is 15.6. The van der Waals surface area contributed by atoms with Crippen LogP contribution in [0, 0.1) is 25.6 Å². The van der Waals surface area contributed by atoms with E-state index >= 15 is 0 Å². The molecule has 1 fully saturated rings. The van der Waals surface area contributed by atoms with E-state index in [1.165, 1.54) is 61.4 Å². The molecule has 0 aromatic heterocycles. The summed E-state index contributed by atoms with van der Waals surface area (Å²) in [6.07, 6.45) is 9.44. The largest absolute Gasteiger partial charge is 0.341 e. The van der Waals surface area contributed by atoms with Crippen LogP contribution < -0.4 is 4.90 Å². The van der Waals surface area contributed by atoms with Crippen LogP contribution in [0.25, 0.3) is 0 Å². The topological polar surface area (TPSA) is 3.24 Å². The predicted molar refractivity (Wildman–Crippen MR) is 105 cm³/mol. The summed E-state index contributed by atoms with van der Waals surface area (Å²) in [6, 6.07) is 13.6. The van der Waals surface area contributed by atoms with Crippen molar-refractivity contribution in [3.05, 3.63) is 59.4 Å². The van der Waals surface area contributed by atoms with E-state index in [9.17, 15) is 4.39 Å². The highest BCUT2D eigenvalue weighted by Crippen LogP contribution is 2.31. The molecule has 0 atom stereocenters. The van der Waals surface area contributed by atoms with Crippen LogP contribution in [0.3, 0.4) is 0 Å². The molecule has 0 bridgehead atoms. The van der Waals surface area contributed by atoms with Gasteiger partial charge in [-0.1, -0.05) is 44.2 Å². The van der Waals surface area contributed by atoms with Crippen molar-refractivity contribution in [2.75, 3.05) is 11.4 Å². The number of hydrogen-bond donors (Lipinski definition) is 0. The number of aryl methyl sites for hydroxylation is 2. The van der Waals surface area contributed by atoms with Gasteiger partial charge in [0, 0.05) is 17.9 Å². The third-order valence-electron chi connectivity index (χ3n) is 5.36. The summed E-state index contributed by atoms with van der Waals surface area (Å²) in [5.41, 5.74) is 4.63. The molecule has 0 radical (unpaired) electrons. The summed E-state index contributed by atoms with van der Waals surface area (Å²) in [4.78, 5) is 2.28. The average molecular weight is 339 g/mol. The first kappa shape index (κ1) is 18.0. The predicted octanol–water partition coefficient (Wildman–Crippen LogP) is 6.94. The number of nitrogens with zero attached hydrogens (tertiary/aromatic N) is 1. The normalized spacial score (nSPS) is 15.3. The number of benzene rings is 2. The van der Waals surface area contributed by atoms with Gasteiger partial charge in [0.25, 0.3) is 0 Å². The van der Waals surface area contributed by atoms with Crippen molar-refractivity contribution in [2.24, 2.45) is 5.92 Å². The lowest BCUT2D eigenvalue weighted by Gasteiger charge is -2.28. The maximum atomic E-state index is 13.8. The lowest BCUT2D eigenvalue weighted by atomic mass is 9.86. The molecule has 2 heteroatoms. The highest BCUT2D eigenvalue weighted by molar-refractivity contribution is 5.64. The second-order valence-corrected chi connectivity index (χ2v) is 7.62. The first-order valence-corrected chi connectivity index (χ1v) is 9.73. The molecule has 1 aliphatic rings. The van der Waals surface area contributed by atoms with Crippen LogP contribution in [0.15, 0.2) is 42.5 Å². The maximum absolute atomic E-state index is 13.8. The van der Waals surface area contributed by atoms with E-state index in [0.29, 0.717) is 0 Å². The molecule has 0 aliphatic heterocycles. The van der Waals surface area contributed by atoms with E-state index < -0.39 is 0 Å². The Labute approximate surface area is 151 Å². The standard InChI is InChI=1S/C23H30FN/c1-18-14-19(2)16-23(15-18)25(22-12-6-11-21(24)17-22)13-7-10-20-8-4-3-5-9-20/h6,11-12,14-17,20H,3-5,7-10,13H2,1-2H3. The first-order valence-electron chi connectivity index (χ1n) is 9.73. The second-order valence-electron chi connectivity index (χ2n) is 7.62. The van der Waals surface area contributed by atoms with E-state index in [2.05, 4.69) is 36.9 Å². The average Bonchev–Trinajstić information content (AvgIpc) is 2.59. The molecule has 1 saturated carbocycles. The Kier molecular flexibility index (Phi) is 6.12. The van der Waals surface area contributed by atoms with Gasteiger partial charge < -0.3 is 4.90 Å². The molecular formula is C23H30FN. The molecule has 2 aromatic rings. The minimum atomic E-state index is -0.167. The molecule has 0 N–H and O–H groups in total. The molecule has 2 aromatic carbocycles. The third kappa shape index (κ3) is 5.07. The highest BCUT2D eigenvalue weighted by atomic mass is 19.1. The van der Waals surface area contributed by atoms with Gasteiger partial charge in [-0.05, 0) is 74.1 Å². The molecule has 134 valence electrons. The van der Waals surface area contributed by atoms with E-state index in [1.807, 2.05) is 12.1 Å². The summed E-state index contributed by atoms with van der Waals surface area (Å²) >= 11 is 0. The Hall–Kier alpha value is -1.83. The van der Waals surface area contributed by atoms with E-state index in [4.69, 9.17) is 0 Å². The zero-order chi connectivity index (χ0) is 17.6. The van der Waals surface area contributed by atoms with Gasteiger partial charge in [-0.2, -0.15) is 0 Å². The van der Waals surface area contributed by atoms with E-state index in [0.717, 1.165) is 24.6 Å². The second kappa shape index (κ2) is 8.51. The molecule has 0 amide bonds. The van der Waals surface area contributed by atoms with Crippen molar-refractivity contribution in [2.45, 2.75) is 58.8 Å². The number of hydrogen-bond acceptors (Lipinski definition) is 1. The summed E-state index contributed by atoms with van der Waals surface area (Å²) in [6.45, 7) is 5.20. The van der Waals surface area contributed by atoms with Crippen LogP contribution in [0.4, 0.5) is 15.8 Å². The lowest BCUT2D eigenvalue weighted by molar-refractivity contribution is 0.334. The quantitative estimate of drug-likeness (QED) is 0.551. The van der Waals surface area contributed by atoms with Crippen molar-refractivity contribution in [3.8, 4) is 0 Å². The van der Waals surface area contributed by atoms with Gasteiger partial charge in [-0.25, -0.2) is 4.39 Å². The molecule has 1 aliphatic carbocycles. The zero-order valence-corrected chi connectivity index (χ0v) is 15.6. The van der Waals surface area contributed by atoms with Crippen LogP contribution in [0.5, 0.6) is 0 Å². The Morgan fingerprint density at radius 3 is 2.32 bits per heavy atom. The Morgan fingerprint density at radius 1 is 0.920 bits per heavy atom. The van der Waals surface area contributed by atoms with Gasteiger partial charge in [-0.15, -0.1) is 0 Å². The summed E-state index contributed by atoms with van der Waals surface area (Å²) in [5, 5.41) is 0. The van der Waals surface area contributed by atoms with Gasteiger partial charge in [-0.3, -0.25) is 0 Å². The maximum Gasteiger partial charge on any atom is 0.125 e. The van der Waals surface area contributed by atoms with Gasteiger partial charge >= 0.3 is 0 Å².